The molecule has 1 aromatic carbocycles. The topological polar surface area (TPSA) is 58.6 Å². The summed E-state index contributed by atoms with van der Waals surface area (Å²) in [4.78, 5) is 11.9. The van der Waals surface area contributed by atoms with E-state index in [0.29, 0.717) is 12.8 Å². The average Bonchev–Trinajstić information content (AvgIpc) is 2.51. The first-order chi connectivity index (χ1) is 9.59. The van der Waals surface area contributed by atoms with Crippen LogP contribution in [-0.4, -0.2) is 30.3 Å². The van der Waals surface area contributed by atoms with Crippen LogP contribution < -0.4 is 10.1 Å². The molecule has 0 heterocycles. The van der Waals surface area contributed by atoms with Crippen LogP contribution in [0, 0.1) is 0 Å². The summed E-state index contributed by atoms with van der Waals surface area (Å²) in [6, 6.07) is 7.43. The molecule has 0 saturated heterocycles. The van der Waals surface area contributed by atoms with Crippen LogP contribution in [0.15, 0.2) is 30.3 Å². The molecule has 1 rings (SSSR count). The Morgan fingerprint density at radius 1 is 1.30 bits per heavy atom. The summed E-state index contributed by atoms with van der Waals surface area (Å²) in [5.41, 5.74) is 0.393. The molecular weight excluding hydrogens is 254 g/mol. The highest BCUT2D eigenvalue weighted by atomic mass is 16.5. The van der Waals surface area contributed by atoms with Crippen LogP contribution in [0.1, 0.15) is 32.3 Å². The van der Waals surface area contributed by atoms with Crippen LogP contribution in [0.3, 0.4) is 0 Å². The molecule has 4 nitrogen and oxygen atoms in total. The van der Waals surface area contributed by atoms with Gasteiger partial charge in [0.1, 0.15) is 5.75 Å². The number of rotatable bonds is 7. The molecule has 0 aliphatic rings. The monoisotopic (exact) mass is 277 g/mol. The fraction of sp³-hybridized carbons (Fsp3) is 0.438. The fourth-order valence-electron chi connectivity index (χ4n) is 1.88. The highest BCUT2D eigenvalue weighted by molar-refractivity contribution is 5.92. The van der Waals surface area contributed by atoms with Crippen molar-refractivity contribution in [1.82, 2.24) is 5.32 Å². The lowest BCUT2D eigenvalue weighted by Crippen LogP contribution is -2.49. The van der Waals surface area contributed by atoms with Crippen LogP contribution in [0.4, 0.5) is 0 Å². The van der Waals surface area contributed by atoms with Crippen LogP contribution in [0.2, 0.25) is 0 Å². The van der Waals surface area contributed by atoms with Crippen molar-refractivity contribution in [3.8, 4) is 5.75 Å². The largest absolute Gasteiger partial charge is 0.497 e. The third-order valence-electron chi connectivity index (χ3n) is 3.59. The Morgan fingerprint density at radius 3 is 2.35 bits per heavy atom. The summed E-state index contributed by atoms with van der Waals surface area (Å²) in [6.07, 6.45) is 4.62. The minimum absolute atomic E-state index is 0.0535. The van der Waals surface area contributed by atoms with E-state index >= 15 is 0 Å². The maximum Gasteiger partial charge on any atom is 0.244 e. The number of ether oxygens (including phenoxy) is 1. The normalized spacial score (nSPS) is 11.6. The van der Waals surface area contributed by atoms with E-state index in [9.17, 15) is 9.90 Å². The number of aliphatic hydroxyl groups is 1. The molecule has 0 aliphatic carbocycles. The Balaban J connectivity index is 2.67. The van der Waals surface area contributed by atoms with Gasteiger partial charge in [0.05, 0.1) is 19.3 Å². The second kappa shape index (κ2) is 7.70. The van der Waals surface area contributed by atoms with Gasteiger partial charge in [-0.25, -0.2) is 0 Å². The van der Waals surface area contributed by atoms with E-state index in [-0.39, 0.29) is 12.5 Å². The second-order valence-electron chi connectivity index (χ2n) is 4.74. The molecule has 0 spiro atoms. The molecule has 1 aromatic rings. The summed E-state index contributed by atoms with van der Waals surface area (Å²) in [5, 5.41) is 12.3. The third kappa shape index (κ3) is 4.38. The summed E-state index contributed by atoms with van der Waals surface area (Å²) in [5.74, 6) is 0.585. The number of aliphatic hydroxyl groups excluding tert-OH is 1. The average molecular weight is 277 g/mol. The summed E-state index contributed by atoms with van der Waals surface area (Å²) in [6.45, 7) is 3.85. The summed E-state index contributed by atoms with van der Waals surface area (Å²) >= 11 is 0. The predicted molar refractivity (Wildman–Crippen MR) is 80.6 cm³/mol. The Morgan fingerprint density at radius 2 is 1.90 bits per heavy atom. The molecule has 0 atom stereocenters. The van der Waals surface area contributed by atoms with Gasteiger partial charge in [-0.3, -0.25) is 4.79 Å². The molecular formula is C16H23NO3. The van der Waals surface area contributed by atoms with E-state index in [0.717, 1.165) is 11.3 Å². The van der Waals surface area contributed by atoms with E-state index in [2.05, 4.69) is 5.32 Å². The van der Waals surface area contributed by atoms with E-state index in [1.54, 1.807) is 13.2 Å². The van der Waals surface area contributed by atoms with Gasteiger partial charge in [0.15, 0.2) is 0 Å². The van der Waals surface area contributed by atoms with Crippen molar-refractivity contribution in [1.29, 1.82) is 0 Å². The SMILES string of the molecule is CCC(CC)(CO)NC(=O)C=Cc1ccc(OC)cc1. The van der Waals surface area contributed by atoms with Crippen molar-refractivity contribution in [3.05, 3.63) is 35.9 Å². The molecule has 20 heavy (non-hydrogen) atoms. The van der Waals surface area contributed by atoms with Gasteiger partial charge in [0.2, 0.25) is 5.91 Å². The zero-order chi connectivity index (χ0) is 15.0. The van der Waals surface area contributed by atoms with E-state index in [1.807, 2.05) is 38.1 Å². The maximum atomic E-state index is 11.9. The zero-order valence-corrected chi connectivity index (χ0v) is 12.3. The van der Waals surface area contributed by atoms with Crippen LogP contribution in [-0.2, 0) is 4.79 Å². The van der Waals surface area contributed by atoms with Gasteiger partial charge < -0.3 is 15.2 Å². The number of carbonyl (C=O) groups excluding carboxylic acids is 1. The fourth-order valence-corrected chi connectivity index (χ4v) is 1.88. The molecule has 0 aliphatic heterocycles. The van der Waals surface area contributed by atoms with E-state index < -0.39 is 5.54 Å². The minimum atomic E-state index is -0.526. The lowest BCUT2D eigenvalue weighted by Gasteiger charge is -2.30. The number of methoxy groups -OCH3 is 1. The van der Waals surface area contributed by atoms with Gasteiger partial charge in [0.25, 0.3) is 0 Å². The number of hydrogen-bond donors (Lipinski definition) is 2. The standard InChI is InChI=1S/C16H23NO3/c1-4-16(5-2,12-18)17-15(19)11-8-13-6-9-14(20-3)10-7-13/h6-11,18H,4-5,12H2,1-3H3,(H,17,19). The smallest absolute Gasteiger partial charge is 0.244 e. The number of benzene rings is 1. The third-order valence-corrected chi connectivity index (χ3v) is 3.59. The quantitative estimate of drug-likeness (QED) is 0.752. The van der Waals surface area contributed by atoms with Crippen molar-refractivity contribution in [3.63, 3.8) is 0 Å². The van der Waals surface area contributed by atoms with Gasteiger partial charge in [-0.1, -0.05) is 26.0 Å². The summed E-state index contributed by atoms with van der Waals surface area (Å²) in [7, 11) is 1.61. The van der Waals surface area contributed by atoms with Gasteiger partial charge in [-0.05, 0) is 36.6 Å². The molecule has 4 heteroatoms. The van der Waals surface area contributed by atoms with Crippen molar-refractivity contribution in [2.45, 2.75) is 32.2 Å². The van der Waals surface area contributed by atoms with Crippen LogP contribution >= 0.6 is 0 Å². The predicted octanol–water partition coefficient (Wildman–Crippen LogP) is 2.38. The molecule has 0 fully saturated rings. The molecule has 0 unspecified atom stereocenters. The number of carbonyl (C=O) groups is 1. The number of amides is 1. The van der Waals surface area contributed by atoms with Crippen LogP contribution in [0.25, 0.3) is 6.08 Å². The molecule has 0 aromatic heterocycles. The number of hydrogen-bond acceptors (Lipinski definition) is 3. The van der Waals surface area contributed by atoms with Crippen molar-refractivity contribution in [2.75, 3.05) is 13.7 Å². The minimum Gasteiger partial charge on any atom is -0.497 e. The summed E-state index contributed by atoms with van der Waals surface area (Å²) < 4.78 is 5.07. The van der Waals surface area contributed by atoms with Crippen molar-refractivity contribution < 1.29 is 14.6 Å². The number of nitrogens with one attached hydrogen (secondary N) is 1. The second-order valence-corrected chi connectivity index (χ2v) is 4.74. The van der Waals surface area contributed by atoms with Crippen LogP contribution in [0.5, 0.6) is 5.75 Å². The lowest BCUT2D eigenvalue weighted by atomic mass is 9.94. The highest BCUT2D eigenvalue weighted by Gasteiger charge is 2.26. The molecule has 0 radical (unpaired) electrons. The molecule has 110 valence electrons. The van der Waals surface area contributed by atoms with Crippen molar-refractivity contribution in [2.24, 2.45) is 0 Å². The van der Waals surface area contributed by atoms with Gasteiger partial charge in [0, 0.05) is 6.08 Å². The molecule has 0 saturated carbocycles. The van der Waals surface area contributed by atoms with Crippen molar-refractivity contribution >= 4 is 12.0 Å². The lowest BCUT2D eigenvalue weighted by molar-refractivity contribution is -0.119. The van der Waals surface area contributed by atoms with E-state index in [1.165, 1.54) is 6.08 Å². The maximum absolute atomic E-state index is 11.9. The Kier molecular flexibility index (Phi) is 6.25. The zero-order valence-electron chi connectivity index (χ0n) is 12.3. The Labute approximate surface area is 120 Å². The van der Waals surface area contributed by atoms with Gasteiger partial charge in [-0.15, -0.1) is 0 Å². The first-order valence-corrected chi connectivity index (χ1v) is 6.84. The van der Waals surface area contributed by atoms with Gasteiger partial charge >= 0.3 is 0 Å². The first-order valence-electron chi connectivity index (χ1n) is 6.84. The highest BCUT2D eigenvalue weighted by Crippen LogP contribution is 2.15. The van der Waals surface area contributed by atoms with Gasteiger partial charge in [-0.2, -0.15) is 0 Å². The molecule has 2 N–H and O–H groups in total. The Hall–Kier alpha value is -1.81. The molecule has 0 bridgehead atoms. The molecule has 1 amide bonds. The first kappa shape index (κ1) is 16.2. The van der Waals surface area contributed by atoms with E-state index in [4.69, 9.17) is 4.74 Å². The Bertz CT molecular complexity index is 439.